The van der Waals surface area contributed by atoms with E-state index in [0.29, 0.717) is 19.6 Å². The molecule has 1 aromatic rings. The van der Waals surface area contributed by atoms with Gasteiger partial charge in [-0.2, -0.15) is 0 Å². The van der Waals surface area contributed by atoms with Crippen LogP contribution < -0.4 is 5.32 Å². The molecule has 0 bridgehead atoms. The summed E-state index contributed by atoms with van der Waals surface area (Å²) in [5.74, 6) is 0.945. The fourth-order valence-electron chi connectivity index (χ4n) is 2.24. The Morgan fingerprint density at radius 2 is 2.30 bits per heavy atom. The van der Waals surface area contributed by atoms with Gasteiger partial charge in [-0.3, -0.25) is 4.99 Å². The van der Waals surface area contributed by atoms with Gasteiger partial charge in [0.15, 0.2) is 15.8 Å². The SMILES string of the molecule is CN=C(NCc1cccs1)N1CCS(=O)(=O)C(C)(C)C1. The van der Waals surface area contributed by atoms with Crippen molar-refractivity contribution in [2.75, 3.05) is 25.9 Å². The number of thiophene rings is 1. The van der Waals surface area contributed by atoms with Crippen molar-refractivity contribution < 1.29 is 8.42 Å². The monoisotopic (exact) mass is 315 g/mol. The summed E-state index contributed by atoms with van der Waals surface area (Å²) >= 11 is 1.69. The zero-order chi connectivity index (χ0) is 14.8. The summed E-state index contributed by atoms with van der Waals surface area (Å²) in [7, 11) is -1.29. The molecule has 2 rings (SSSR count). The smallest absolute Gasteiger partial charge is 0.194 e. The van der Waals surface area contributed by atoms with Crippen LogP contribution in [0.3, 0.4) is 0 Å². The molecule has 112 valence electrons. The summed E-state index contributed by atoms with van der Waals surface area (Å²) < 4.78 is 23.3. The van der Waals surface area contributed by atoms with Crippen molar-refractivity contribution in [3.8, 4) is 0 Å². The maximum atomic E-state index is 12.0. The van der Waals surface area contributed by atoms with Crippen molar-refractivity contribution in [1.29, 1.82) is 0 Å². The topological polar surface area (TPSA) is 61.8 Å². The predicted molar refractivity (Wildman–Crippen MR) is 84.0 cm³/mol. The van der Waals surface area contributed by atoms with Crippen molar-refractivity contribution in [3.63, 3.8) is 0 Å². The number of hydrogen-bond donors (Lipinski definition) is 1. The van der Waals surface area contributed by atoms with E-state index in [4.69, 9.17) is 0 Å². The van der Waals surface area contributed by atoms with Gasteiger partial charge in [0.05, 0.1) is 17.0 Å². The van der Waals surface area contributed by atoms with Crippen LogP contribution in [-0.4, -0.2) is 49.9 Å². The van der Waals surface area contributed by atoms with E-state index >= 15 is 0 Å². The Kier molecular flexibility index (Phi) is 4.39. The van der Waals surface area contributed by atoms with Crippen LogP contribution in [0, 0.1) is 0 Å². The molecule has 7 heteroatoms. The molecule has 0 atom stereocenters. The number of hydrogen-bond acceptors (Lipinski definition) is 4. The maximum Gasteiger partial charge on any atom is 0.194 e. The van der Waals surface area contributed by atoms with E-state index in [9.17, 15) is 8.42 Å². The molecule has 0 radical (unpaired) electrons. The minimum Gasteiger partial charge on any atom is -0.351 e. The molecule has 1 N–H and O–H groups in total. The summed E-state index contributed by atoms with van der Waals surface area (Å²) in [6.07, 6.45) is 0. The van der Waals surface area contributed by atoms with Gasteiger partial charge >= 0.3 is 0 Å². The number of rotatable bonds is 2. The highest BCUT2D eigenvalue weighted by atomic mass is 32.2. The van der Waals surface area contributed by atoms with Crippen LogP contribution in [0.25, 0.3) is 0 Å². The molecule has 0 saturated carbocycles. The highest BCUT2D eigenvalue weighted by Gasteiger charge is 2.40. The van der Waals surface area contributed by atoms with Gasteiger partial charge in [0.25, 0.3) is 0 Å². The molecule has 1 aromatic heterocycles. The summed E-state index contributed by atoms with van der Waals surface area (Å²) in [4.78, 5) is 7.52. The van der Waals surface area contributed by atoms with Crippen molar-refractivity contribution in [3.05, 3.63) is 22.4 Å². The molecule has 0 amide bonds. The average Bonchev–Trinajstić information content (AvgIpc) is 2.87. The van der Waals surface area contributed by atoms with E-state index in [1.165, 1.54) is 4.88 Å². The quantitative estimate of drug-likeness (QED) is 0.661. The van der Waals surface area contributed by atoms with Gasteiger partial charge in [-0.15, -0.1) is 11.3 Å². The molecule has 5 nitrogen and oxygen atoms in total. The van der Waals surface area contributed by atoms with Crippen LogP contribution in [0.5, 0.6) is 0 Å². The highest BCUT2D eigenvalue weighted by molar-refractivity contribution is 7.92. The Balaban J connectivity index is 2.03. The minimum atomic E-state index is -3.02. The van der Waals surface area contributed by atoms with E-state index < -0.39 is 14.6 Å². The number of nitrogens with one attached hydrogen (secondary N) is 1. The van der Waals surface area contributed by atoms with Crippen molar-refractivity contribution in [1.82, 2.24) is 10.2 Å². The zero-order valence-corrected chi connectivity index (χ0v) is 13.7. The van der Waals surface area contributed by atoms with Crippen molar-refractivity contribution >= 4 is 27.1 Å². The molecule has 20 heavy (non-hydrogen) atoms. The first-order chi connectivity index (χ1) is 9.36. The summed E-state index contributed by atoms with van der Waals surface area (Å²) in [5.41, 5.74) is 0. The molecule has 1 saturated heterocycles. The van der Waals surface area contributed by atoms with Crippen LogP contribution in [0.15, 0.2) is 22.5 Å². The normalized spacial score (nSPS) is 21.8. The third-order valence-corrected chi connectivity index (χ3v) is 6.97. The van der Waals surface area contributed by atoms with Crippen molar-refractivity contribution in [2.24, 2.45) is 4.99 Å². The molecule has 1 aliphatic heterocycles. The lowest BCUT2D eigenvalue weighted by Gasteiger charge is -2.39. The van der Waals surface area contributed by atoms with E-state index in [-0.39, 0.29) is 5.75 Å². The summed E-state index contributed by atoms with van der Waals surface area (Å²) in [6, 6.07) is 4.08. The van der Waals surface area contributed by atoms with Crippen LogP contribution in [-0.2, 0) is 16.4 Å². The molecular formula is C13H21N3O2S2. The standard InChI is InChI=1S/C13H21N3O2S2/c1-13(2)10-16(6-8-20(13,17)18)12(14-3)15-9-11-5-4-7-19-11/h4-5,7H,6,8-10H2,1-3H3,(H,14,15). The lowest BCUT2D eigenvalue weighted by atomic mass is 10.2. The Morgan fingerprint density at radius 1 is 1.55 bits per heavy atom. The van der Waals surface area contributed by atoms with E-state index in [2.05, 4.69) is 16.4 Å². The molecular weight excluding hydrogens is 294 g/mol. The van der Waals surface area contributed by atoms with Crippen molar-refractivity contribution in [2.45, 2.75) is 25.1 Å². The second-order valence-electron chi connectivity index (χ2n) is 5.48. The third kappa shape index (κ3) is 3.15. The van der Waals surface area contributed by atoms with Gasteiger partial charge in [-0.1, -0.05) is 6.07 Å². The maximum absolute atomic E-state index is 12.0. The Morgan fingerprint density at radius 3 is 2.85 bits per heavy atom. The number of aliphatic imine (C=N–C) groups is 1. The number of guanidine groups is 1. The Hall–Kier alpha value is -1.08. The fourth-order valence-corrected chi connectivity index (χ4v) is 4.25. The largest absolute Gasteiger partial charge is 0.351 e. The number of sulfone groups is 1. The Labute approximate surface area is 124 Å². The molecule has 0 aliphatic carbocycles. The molecule has 1 fully saturated rings. The van der Waals surface area contributed by atoms with Gasteiger partial charge < -0.3 is 10.2 Å². The van der Waals surface area contributed by atoms with Crippen LogP contribution in [0.1, 0.15) is 18.7 Å². The van der Waals surface area contributed by atoms with Gasteiger partial charge in [-0.25, -0.2) is 8.42 Å². The number of nitrogens with zero attached hydrogens (tertiary/aromatic N) is 2. The highest BCUT2D eigenvalue weighted by Crippen LogP contribution is 2.23. The van der Waals surface area contributed by atoms with E-state index in [0.717, 1.165) is 5.96 Å². The van der Waals surface area contributed by atoms with Gasteiger partial charge in [0.1, 0.15) is 0 Å². The first kappa shape index (κ1) is 15.3. The Bertz CT molecular complexity index is 577. The lowest BCUT2D eigenvalue weighted by Crippen LogP contribution is -2.57. The zero-order valence-electron chi connectivity index (χ0n) is 12.1. The fraction of sp³-hybridized carbons (Fsp3) is 0.615. The minimum absolute atomic E-state index is 0.180. The molecule has 0 aromatic carbocycles. The van der Waals surface area contributed by atoms with Gasteiger partial charge in [0, 0.05) is 25.0 Å². The third-order valence-electron chi connectivity index (χ3n) is 3.56. The average molecular weight is 315 g/mol. The van der Waals surface area contributed by atoms with E-state index in [1.807, 2.05) is 16.3 Å². The van der Waals surface area contributed by atoms with Crippen LogP contribution >= 0.6 is 11.3 Å². The van der Waals surface area contributed by atoms with Crippen LogP contribution in [0.4, 0.5) is 0 Å². The predicted octanol–water partition coefficient (Wildman–Crippen LogP) is 1.33. The van der Waals surface area contributed by atoms with E-state index in [1.54, 1.807) is 32.2 Å². The molecule has 0 spiro atoms. The first-order valence-corrected chi connectivity index (χ1v) is 9.09. The van der Waals surface area contributed by atoms with Crippen LogP contribution in [0.2, 0.25) is 0 Å². The van der Waals surface area contributed by atoms with Gasteiger partial charge in [-0.05, 0) is 25.3 Å². The molecule has 0 unspecified atom stereocenters. The summed E-state index contributed by atoms with van der Waals surface area (Å²) in [6.45, 7) is 5.24. The first-order valence-electron chi connectivity index (χ1n) is 6.56. The second kappa shape index (κ2) is 5.73. The molecule has 2 heterocycles. The van der Waals surface area contributed by atoms with Gasteiger partial charge in [0.2, 0.25) is 0 Å². The summed E-state index contributed by atoms with van der Waals surface area (Å²) in [5, 5.41) is 5.34. The second-order valence-corrected chi connectivity index (χ2v) is 9.26. The lowest BCUT2D eigenvalue weighted by molar-refractivity contribution is 0.353. The molecule has 1 aliphatic rings.